The predicted molar refractivity (Wildman–Crippen MR) is 113 cm³/mol. The van der Waals surface area contributed by atoms with Crippen molar-refractivity contribution in [3.8, 4) is 11.8 Å². The fourth-order valence-corrected chi connectivity index (χ4v) is 4.52. The standard InChI is InChI=1S/C23H32O2S/c1-22(2,3)17-14-20(26(4,5)25)21(24)23(15-9-10-16-23)18-13-19-11-7-6-8-12-19/h6-8,11-12H,9-10,13,15-16,18H2,1-5H3. The number of carbonyl (C=O) groups excluding carboxylic acids is 1. The number of benzene rings is 1. The average molecular weight is 373 g/mol. The van der Waals surface area contributed by atoms with Crippen molar-refractivity contribution in [2.75, 3.05) is 12.5 Å². The predicted octanol–water partition coefficient (Wildman–Crippen LogP) is 4.51. The summed E-state index contributed by atoms with van der Waals surface area (Å²) in [7, 11) is -2.40. The molecule has 1 saturated carbocycles. The van der Waals surface area contributed by atoms with Crippen molar-refractivity contribution in [1.82, 2.24) is 0 Å². The molecule has 0 atom stereocenters. The van der Waals surface area contributed by atoms with Gasteiger partial charge in [-0.1, -0.05) is 55.0 Å². The molecule has 0 aliphatic heterocycles. The van der Waals surface area contributed by atoms with Gasteiger partial charge in [0.1, 0.15) is 4.86 Å². The minimum Gasteiger partial charge on any atom is -0.292 e. The lowest BCUT2D eigenvalue weighted by atomic mass is 9.75. The van der Waals surface area contributed by atoms with Gasteiger partial charge >= 0.3 is 0 Å². The van der Waals surface area contributed by atoms with Crippen LogP contribution < -0.4 is 0 Å². The fraction of sp³-hybridized carbons (Fsp3) is 0.565. The Bertz CT molecular complexity index is 808. The van der Waals surface area contributed by atoms with Crippen molar-refractivity contribution in [2.45, 2.75) is 59.3 Å². The van der Waals surface area contributed by atoms with Crippen LogP contribution in [-0.2, 0) is 20.7 Å². The fourth-order valence-electron chi connectivity index (χ4n) is 3.56. The molecule has 2 nitrogen and oxygen atoms in total. The molecule has 0 N–H and O–H groups in total. The first-order valence-corrected chi connectivity index (χ1v) is 11.8. The molecule has 0 saturated heterocycles. The molecule has 142 valence electrons. The third-order valence-corrected chi connectivity index (χ3v) is 6.30. The Morgan fingerprint density at radius 2 is 1.69 bits per heavy atom. The molecule has 0 amide bonds. The number of Topliss-reactive ketones (excluding diaryl/α,β-unsaturated/α-hetero) is 1. The first-order chi connectivity index (χ1) is 12.0. The van der Waals surface area contributed by atoms with E-state index in [0.29, 0.717) is 4.86 Å². The van der Waals surface area contributed by atoms with Crippen LogP contribution in [0.25, 0.3) is 0 Å². The third kappa shape index (κ3) is 5.48. The van der Waals surface area contributed by atoms with Crippen molar-refractivity contribution in [1.29, 1.82) is 0 Å². The summed E-state index contributed by atoms with van der Waals surface area (Å²) in [4.78, 5) is 13.9. The van der Waals surface area contributed by atoms with Crippen LogP contribution in [0.1, 0.15) is 58.4 Å². The molecule has 1 fully saturated rings. The van der Waals surface area contributed by atoms with Gasteiger partial charge in [-0.05, 0) is 61.5 Å². The molecule has 1 aromatic carbocycles. The highest BCUT2D eigenvalue weighted by Gasteiger charge is 2.42. The molecule has 1 aromatic rings. The maximum atomic E-state index is 13.5. The summed E-state index contributed by atoms with van der Waals surface area (Å²) in [6.45, 7) is 6.03. The smallest absolute Gasteiger partial charge is 0.185 e. The molecule has 1 aliphatic rings. The molecule has 26 heavy (non-hydrogen) atoms. The van der Waals surface area contributed by atoms with Crippen molar-refractivity contribution in [3.05, 3.63) is 35.9 Å². The van der Waals surface area contributed by atoms with E-state index in [-0.39, 0.29) is 11.2 Å². The van der Waals surface area contributed by atoms with Crippen LogP contribution in [0.5, 0.6) is 0 Å². The summed E-state index contributed by atoms with van der Waals surface area (Å²) in [5, 5.41) is 0. The maximum Gasteiger partial charge on any atom is 0.185 e. The zero-order valence-electron chi connectivity index (χ0n) is 16.9. The van der Waals surface area contributed by atoms with Crippen molar-refractivity contribution >= 4 is 20.2 Å². The Morgan fingerprint density at radius 1 is 1.12 bits per heavy atom. The van der Waals surface area contributed by atoms with E-state index in [1.807, 2.05) is 39.0 Å². The average Bonchev–Trinajstić information content (AvgIpc) is 3.02. The molecular weight excluding hydrogens is 340 g/mol. The number of aryl methyl sites for hydroxylation is 1. The van der Waals surface area contributed by atoms with Crippen LogP contribution in [0.2, 0.25) is 0 Å². The topological polar surface area (TPSA) is 34.1 Å². The van der Waals surface area contributed by atoms with Gasteiger partial charge in [0.15, 0.2) is 5.78 Å². The van der Waals surface area contributed by atoms with Crippen LogP contribution >= 0.6 is 0 Å². The normalized spacial score (nSPS) is 16.7. The van der Waals surface area contributed by atoms with Crippen molar-refractivity contribution in [2.24, 2.45) is 10.8 Å². The van der Waals surface area contributed by atoms with Gasteiger partial charge in [0, 0.05) is 23.3 Å². The Hall–Kier alpha value is -1.53. The summed E-state index contributed by atoms with van der Waals surface area (Å²) in [6.07, 6.45) is 8.89. The summed E-state index contributed by atoms with van der Waals surface area (Å²) >= 11 is 0. The molecular formula is C23H32O2S. The molecule has 2 rings (SSSR count). The summed E-state index contributed by atoms with van der Waals surface area (Å²) in [5.74, 6) is 6.22. The van der Waals surface area contributed by atoms with E-state index in [0.717, 1.165) is 38.5 Å². The Balaban J connectivity index is 2.36. The van der Waals surface area contributed by atoms with Crippen LogP contribution in [-0.4, -0.2) is 27.4 Å². The molecule has 0 radical (unpaired) electrons. The van der Waals surface area contributed by atoms with Crippen LogP contribution in [0, 0.1) is 22.7 Å². The van der Waals surface area contributed by atoms with E-state index in [2.05, 4.69) is 24.0 Å². The number of hydrogen-bond acceptors (Lipinski definition) is 2. The Labute approximate surface area is 159 Å². The van der Waals surface area contributed by atoms with E-state index in [1.165, 1.54) is 5.56 Å². The molecule has 0 heterocycles. The van der Waals surface area contributed by atoms with E-state index >= 15 is 0 Å². The lowest BCUT2D eigenvalue weighted by Crippen LogP contribution is -2.37. The largest absolute Gasteiger partial charge is 0.292 e. The quantitative estimate of drug-likeness (QED) is 0.563. The molecule has 0 aromatic heterocycles. The van der Waals surface area contributed by atoms with E-state index in [4.69, 9.17) is 0 Å². The lowest BCUT2D eigenvalue weighted by molar-refractivity contribution is -0.121. The van der Waals surface area contributed by atoms with E-state index < -0.39 is 14.9 Å². The van der Waals surface area contributed by atoms with Gasteiger partial charge in [0.2, 0.25) is 0 Å². The third-order valence-electron chi connectivity index (χ3n) is 5.03. The lowest BCUT2D eigenvalue weighted by Gasteiger charge is -2.28. The van der Waals surface area contributed by atoms with Gasteiger partial charge in [-0.3, -0.25) is 9.00 Å². The van der Waals surface area contributed by atoms with E-state index in [1.54, 1.807) is 12.5 Å². The number of ketones is 1. The molecule has 1 aliphatic carbocycles. The minimum atomic E-state index is -2.40. The highest BCUT2D eigenvalue weighted by molar-refractivity contribution is 8.02. The number of hydrogen-bond donors (Lipinski definition) is 0. The van der Waals surface area contributed by atoms with Gasteiger partial charge in [-0.15, -0.1) is 0 Å². The van der Waals surface area contributed by atoms with Gasteiger partial charge in [-0.25, -0.2) is 0 Å². The zero-order valence-corrected chi connectivity index (χ0v) is 17.7. The first-order valence-electron chi connectivity index (χ1n) is 9.47. The van der Waals surface area contributed by atoms with Crippen molar-refractivity contribution < 1.29 is 9.00 Å². The Morgan fingerprint density at radius 3 is 2.19 bits per heavy atom. The highest BCUT2D eigenvalue weighted by atomic mass is 32.2. The van der Waals surface area contributed by atoms with Gasteiger partial charge in [0.05, 0.1) is 0 Å². The monoisotopic (exact) mass is 372 g/mol. The van der Waals surface area contributed by atoms with Crippen LogP contribution in [0.15, 0.2) is 30.3 Å². The van der Waals surface area contributed by atoms with Crippen molar-refractivity contribution in [3.63, 3.8) is 0 Å². The molecule has 0 spiro atoms. The summed E-state index contributed by atoms with van der Waals surface area (Å²) < 4.78 is 12.9. The van der Waals surface area contributed by atoms with Gasteiger partial charge < -0.3 is 0 Å². The molecule has 0 bridgehead atoms. The molecule has 0 unspecified atom stereocenters. The second-order valence-corrected chi connectivity index (χ2v) is 11.7. The summed E-state index contributed by atoms with van der Waals surface area (Å²) in [5.41, 5.74) is 0.637. The SMILES string of the molecule is CC(C)(C)C#CC(C(=O)C1(CCc2ccccc2)CCCC1)=S(C)(C)=O. The van der Waals surface area contributed by atoms with Crippen LogP contribution in [0.3, 0.4) is 0 Å². The minimum absolute atomic E-state index is 0.0395. The zero-order chi connectivity index (χ0) is 19.4. The second-order valence-electron chi connectivity index (χ2n) is 8.86. The van der Waals surface area contributed by atoms with Gasteiger partial charge in [-0.2, -0.15) is 0 Å². The number of carbonyl (C=O) groups is 1. The Kier molecular flexibility index (Phi) is 6.40. The van der Waals surface area contributed by atoms with E-state index in [9.17, 15) is 9.00 Å². The molecule has 3 heteroatoms. The maximum absolute atomic E-state index is 13.5. The number of rotatable bonds is 5. The van der Waals surface area contributed by atoms with Crippen LogP contribution in [0.4, 0.5) is 0 Å². The van der Waals surface area contributed by atoms with Gasteiger partial charge in [0.25, 0.3) is 0 Å². The summed E-state index contributed by atoms with van der Waals surface area (Å²) in [6, 6.07) is 10.3. The first kappa shape index (κ1) is 20.8. The second kappa shape index (κ2) is 8.01. The highest BCUT2D eigenvalue weighted by Crippen LogP contribution is 2.43.